The summed E-state index contributed by atoms with van der Waals surface area (Å²) < 4.78 is 1.74. The molecule has 4 nitrogen and oxygen atoms in total. The number of nitrogens with one attached hydrogen (secondary N) is 1. The van der Waals surface area contributed by atoms with E-state index in [1.165, 1.54) is 12.8 Å². The minimum absolute atomic E-state index is 0.00905. The van der Waals surface area contributed by atoms with Crippen molar-refractivity contribution in [3.05, 3.63) is 22.7 Å². The van der Waals surface area contributed by atoms with Crippen molar-refractivity contribution >= 4 is 5.82 Å². The summed E-state index contributed by atoms with van der Waals surface area (Å²) in [6.45, 7) is 7.40. The van der Waals surface area contributed by atoms with Crippen LogP contribution in [0.4, 0.5) is 5.82 Å². The van der Waals surface area contributed by atoms with E-state index < -0.39 is 0 Å². The Hall–Kier alpha value is -1.32. The number of nitrogens with zero attached hydrogens (tertiary/aromatic N) is 2. The third-order valence-electron chi connectivity index (χ3n) is 4.41. The molecule has 1 aromatic rings. The van der Waals surface area contributed by atoms with Crippen molar-refractivity contribution in [1.29, 1.82) is 0 Å². The van der Waals surface area contributed by atoms with E-state index in [0.29, 0.717) is 23.7 Å². The normalized spacial score (nSPS) is 27.2. The Bertz CT molecular complexity index is 469. The van der Waals surface area contributed by atoms with E-state index in [1.807, 2.05) is 0 Å². The van der Waals surface area contributed by atoms with Crippen molar-refractivity contribution in [1.82, 2.24) is 9.55 Å². The van der Waals surface area contributed by atoms with Gasteiger partial charge in [0.25, 0.3) is 5.56 Å². The van der Waals surface area contributed by atoms with Crippen LogP contribution < -0.4 is 10.9 Å². The van der Waals surface area contributed by atoms with Crippen LogP contribution in [0, 0.1) is 11.8 Å². The molecule has 4 heteroatoms. The minimum atomic E-state index is 0.00905. The Kier molecular flexibility index (Phi) is 4.61. The number of hydrogen-bond acceptors (Lipinski definition) is 3. The van der Waals surface area contributed by atoms with Gasteiger partial charge in [-0.15, -0.1) is 0 Å². The van der Waals surface area contributed by atoms with Gasteiger partial charge < -0.3 is 9.88 Å². The first-order valence-electron chi connectivity index (χ1n) is 7.45. The van der Waals surface area contributed by atoms with Crippen LogP contribution in [0.25, 0.3) is 0 Å². The van der Waals surface area contributed by atoms with Crippen molar-refractivity contribution < 1.29 is 0 Å². The molecule has 1 heterocycles. The van der Waals surface area contributed by atoms with Gasteiger partial charge in [-0.05, 0) is 24.7 Å². The zero-order valence-electron chi connectivity index (χ0n) is 12.2. The van der Waals surface area contributed by atoms with Crippen molar-refractivity contribution in [3.63, 3.8) is 0 Å². The van der Waals surface area contributed by atoms with E-state index in [0.717, 1.165) is 19.4 Å². The molecular formula is C15H25N3O. The third kappa shape index (κ3) is 3.17. The number of anilines is 1. The molecule has 106 valence electrons. The predicted octanol–water partition coefficient (Wildman–Crippen LogP) is 2.89. The maximum absolute atomic E-state index is 12.3. The molecule has 1 fully saturated rings. The van der Waals surface area contributed by atoms with Crippen LogP contribution in [0.2, 0.25) is 0 Å². The highest BCUT2D eigenvalue weighted by Crippen LogP contribution is 2.30. The van der Waals surface area contributed by atoms with Crippen LogP contribution in [0.3, 0.4) is 0 Å². The van der Waals surface area contributed by atoms with Crippen molar-refractivity contribution in [3.8, 4) is 0 Å². The number of aromatic nitrogens is 2. The van der Waals surface area contributed by atoms with E-state index in [9.17, 15) is 4.79 Å². The average molecular weight is 263 g/mol. The van der Waals surface area contributed by atoms with Gasteiger partial charge in [-0.1, -0.05) is 33.6 Å². The smallest absolute Gasteiger partial charge is 0.293 e. The maximum atomic E-state index is 12.3. The van der Waals surface area contributed by atoms with Crippen LogP contribution in [-0.4, -0.2) is 15.6 Å². The predicted molar refractivity (Wildman–Crippen MR) is 78.4 cm³/mol. The molecule has 0 bridgehead atoms. The Labute approximate surface area is 115 Å². The van der Waals surface area contributed by atoms with Crippen LogP contribution in [0.1, 0.15) is 46.5 Å². The van der Waals surface area contributed by atoms with Gasteiger partial charge in [0.15, 0.2) is 5.82 Å². The highest BCUT2D eigenvalue weighted by atomic mass is 16.1. The largest absolute Gasteiger partial charge is 0.362 e. The summed E-state index contributed by atoms with van der Waals surface area (Å²) in [6.07, 6.45) is 8.11. The molecule has 1 aliphatic rings. The second-order valence-corrected chi connectivity index (χ2v) is 5.79. The standard InChI is InChI=1S/C15H25N3O/c1-4-9-18-10-8-16-14(15(18)19)17-13-7-5-6-11(2)12(13)3/h8,10-13H,4-7,9H2,1-3H3,(H,16,17). The summed E-state index contributed by atoms with van der Waals surface area (Å²) in [7, 11) is 0. The zero-order valence-corrected chi connectivity index (χ0v) is 12.2. The van der Waals surface area contributed by atoms with Gasteiger partial charge >= 0.3 is 0 Å². The van der Waals surface area contributed by atoms with Crippen LogP contribution >= 0.6 is 0 Å². The van der Waals surface area contributed by atoms with Crippen molar-refractivity contribution in [2.45, 2.75) is 59.0 Å². The molecule has 1 saturated carbocycles. The Balaban J connectivity index is 2.14. The van der Waals surface area contributed by atoms with E-state index in [1.54, 1.807) is 17.0 Å². The molecule has 0 radical (unpaired) electrons. The lowest BCUT2D eigenvalue weighted by Gasteiger charge is -2.34. The third-order valence-corrected chi connectivity index (χ3v) is 4.41. The average Bonchev–Trinajstić information content (AvgIpc) is 2.40. The fourth-order valence-electron chi connectivity index (χ4n) is 2.92. The molecule has 0 amide bonds. The van der Waals surface area contributed by atoms with Gasteiger partial charge in [0.1, 0.15) is 0 Å². The molecule has 3 unspecified atom stereocenters. The Morgan fingerprint density at radius 2 is 2.21 bits per heavy atom. The van der Waals surface area contributed by atoms with Crippen molar-refractivity contribution in [2.24, 2.45) is 11.8 Å². The van der Waals surface area contributed by atoms with Crippen LogP contribution in [0.5, 0.6) is 0 Å². The van der Waals surface area contributed by atoms with E-state index in [-0.39, 0.29) is 5.56 Å². The fourth-order valence-corrected chi connectivity index (χ4v) is 2.92. The topological polar surface area (TPSA) is 46.9 Å². The zero-order chi connectivity index (χ0) is 13.8. The van der Waals surface area contributed by atoms with Gasteiger partial charge in [0.2, 0.25) is 0 Å². The lowest BCUT2D eigenvalue weighted by molar-refractivity contribution is 0.252. The minimum Gasteiger partial charge on any atom is -0.362 e. The van der Waals surface area contributed by atoms with E-state index in [4.69, 9.17) is 0 Å². The molecule has 0 aliphatic heterocycles. The molecule has 0 aromatic carbocycles. The molecule has 0 spiro atoms. The number of aryl methyl sites for hydroxylation is 1. The molecule has 19 heavy (non-hydrogen) atoms. The summed E-state index contributed by atoms with van der Waals surface area (Å²) in [6, 6.07) is 0.376. The second-order valence-electron chi connectivity index (χ2n) is 5.79. The first kappa shape index (κ1) is 14.1. The number of hydrogen-bond donors (Lipinski definition) is 1. The van der Waals surface area contributed by atoms with E-state index >= 15 is 0 Å². The summed E-state index contributed by atoms with van der Waals surface area (Å²) in [5.74, 6) is 1.82. The summed E-state index contributed by atoms with van der Waals surface area (Å²) >= 11 is 0. The highest BCUT2D eigenvalue weighted by Gasteiger charge is 2.27. The van der Waals surface area contributed by atoms with Crippen LogP contribution in [-0.2, 0) is 6.54 Å². The monoisotopic (exact) mass is 263 g/mol. The highest BCUT2D eigenvalue weighted by molar-refractivity contribution is 5.32. The van der Waals surface area contributed by atoms with Gasteiger partial charge in [-0.3, -0.25) is 4.79 Å². The lowest BCUT2D eigenvalue weighted by Crippen LogP contribution is -2.37. The summed E-state index contributed by atoms with van der Waals surface area (Å²) in [5.41, 5.74) is 0.00905. The lowest BCUT2D eigenvalue weighted by atomic mass is 9.78. The molecule has 1 N–H and O–H groups in total. The maximum Gasteiger partial charge on any atom is 0.293 e. The number of rotatable bonds is 4. The Morgan fingerprint density at radius 3 is 2.95 bits per heavy atom. The quantitative estimate of drug-likeness (QED) is 0.908. The van der Waals surface area contributed by atoms with Gasteiger partial charge in [-0.25, -0.2) is 4.98 Å². The van der Waals surface area contributed by atoms with Gasteiger partial charge in [0.05, 0.1) is 0 Å². The molecule has 2 rings (SSSR count). The van der Waals surface area contributed by atoms with E-state index in [2.05, 4.69) is 31.1 Å². The molecule has 3 atom stereocenters. The molecule has 0 saturated heterocycles. The van der Waals surface area contributed by atoms with Gasteiger partial charge in [-0.2, -0.15) is 0 Å². The first-order valence-corrected chi connectivity index (χ1v) is 7.45. The molecule has 1 aliphatic carbocycles. The van der Waals surface area contributed by atoms with Gasteiger partial charge in [0, 0.05) is 25.0 Å². The van der Waals surface area contributed by atoms with Crippen LogP contribution in [0.15, 0.2) is 17.2 Å². The second kappa shape index (κ2) is 6.22. The summed E-state index contributed by atoms with van der Waals surface area (Å²) in [4.78, 5) is 16.5. The van der Waals surface area contributed by atoms with Crippen molar-refractivity contribution in [2.75, 3.05) is 5.32 Å². The molecule has 1 aromatic heterocycles. The molecular weight excluding hydrogens is 238 g/mol. The Morgan fingerprint density at radius 1 is 1.42 bits per heavy atom. The first-order chi connectivity index (χ1) is 9.13. The fraction of sp³-hybridized carbons (Fsp3) is 0.733. The summed E-state index contributed by atoms with van der Waals surface area (Å²) in [5, 5.41) is 3.38. The SMILES string of the molecule is CCCn1ccnc(NC2CCCC(C)C2C)c1=O.